The van der Waals surface area contributed by atoms with Gasteiger partial charge < -0.3 is 4.57 Å². The fraction of sp³-hybridized carbons (Fsp3) is 0.167. The van der Waals surface area contributed by atoms with Gasteiger partial charge in [0.1, 0.15) is 0 Å². The second-order valence-electron chi connectivity index (χ2n) is 3.42. The van der Waals surface area contributed by atoms with Crippen LogP contribution in [0.1, 0.15) is 6.92 Å². The molecule has 1 aromatic heterocycles. The van der Waals surface area contributed by atoms with Crippen LogP contribution in [-0.4, -0.2) is 10.5 Å². The molecule has 2 aromatic rings. The number of nitrogens with zero attached hydrogens (tertiary/aromatic N) is 2. The van der Waals surface area contributed by atoms with E-state index in [1.807, 2.05) is 16.7 Å². The molecule has 0 bridgehead atoms. The van der Waals surface area contributed by atoms with Crippen LogP contribution in [0.5, 0.6) is 0 Å². The Balaban J connectivity index is 2.80. The molecule has 1 amide bonds. The molecule has 0 aliphatic carbocycles. The Morgan fingerprint density at radius 3 is 3.06 bits per heavy atom. The zero-order valence-corrected chi connectivity index (χ0v) is 10.7. The highest BCUT2D eigenvalue weighted by Gasteiger charge is 2.06. The van der Waals surface area contributed by atoms with E-state index in [-0.39, 0.29) is 5.91 Å². The first-order valence-corrected chi connectivity index (χ1v) is 6.09. The van der Waals surface area contributed by atoms with Gasteiger partial charge in [-0.3, -0.25) is 4.79 Å². The monoisotopic (exact) mass is 264 g/mol. The topological polar surface area (TPSA) is 34.4 Å². The molecule has 3 nitrogen and oxygen atoms in total. The average Bonchev–Trinajstić information content (AvgIpc) is 2.55. The van der Waals surface area contributed by atoms with E-state index in [2.05, 4.69) is 10.9 Å². The Morgan fingerprint density at radius 1 is 1.65 bits per heavy atom. The van der Waals surface area contributed by atoms with Gasteiger partial charge in [0, 0.05) is 11.9 Å². The lowest BCUT2D eigenvalue weighted by molar-refractivity contribution is -0.116. The lowest BCUT2D eigenvalue weighted by atomic mass is 10.3. The quantitative estimate of drug-likeness (QED) is 0.729. The molecule has 0 saturated heterocycles. The van der Waals surface area contributed by atoms with Crippen LogP contribution in [0.25, 0.3) is 10.2 Å². The van der Waals surface area contributed by atoms with Gasteiger partial charge in [0.2, 0.25) is 5.91 Å². The molecule has 0 radical (unpaired) electrons. The Hall–Kier alpha value is -1.57. The van der Waals surface area contributed by atoms with Crippen LogP contribution in [0.2, 0.25) is 5.02 Å². The number of benzene rings is 1. The van der Waals surface area contributed by atoms with Crippen LogP contribution in [0, 0.1) is 12.3 Å². The molecule has 0 spiro atoms. The van der Waals surface area contributed by atoms with Crippen molar-refractivity contribution in [2.75, 3.05) is 0 Å². The van der Waals surface area contributed by atoms with Gasteiger partial charge in [0.05, 0.1) is 16.8 Å². The molecule has 0 fully saturated rings. The van der Waals surface area contributed by atoms with Crippen LogP contribution in [0.15, 0.2) is 23.2 Å². The van der Waals surface area contributed by atoms with Crippen molar-refractivity contribution in [2.24, 2.45) is 4.99 Å². The van der Waals surface area contributed by atoms with E-state index in [1.165, 1.54) is 18.3 Å². The van der Waals surface area contributed by atoms with E-state index in [0.717, 1.165) is 10.2 Å². The smallest absolute Gasteiger partial charge is 0.245 e. The van der Waals surface area contributed by atoms with E-state index in [1.54, 1.807) is 6.07 Å². The first kappa shape index (κ1) is 11.9. The van der Waals surface area contributed by atoms with Crippen LogP contribution in [0.4, 0.5) is 0 Å². The minimum absolute atomic E-state index is 0.242. The summed E-state index contributed by atoms with van der Waals surface area (Å²) in [5.41, 5.74) is 0.942. The zero-order chi connectivity index (χ0) is 12.4. The number of amides is 1. The number of hydrogen-bond acceptors (Lipinski definition) is 2. The summed E-state index contributed by atoms with van der Waals surface area (Å²) in [5.74, 6) is 2.31. The van der Waals surface area contributed by atoms with Crippen LogP contribution >= 0.6 is 22.9 Å². The lowest BCUT2D eigenvalue weighted by Crippen LogP contribution is -2.15. The molecule has 0 N–H and O–H groups in total. The Kier molecular flexibility index (Phi) is 3.32. The van der Waals surface area contributed by atoms with Crippen LogP contribution < -0.4 is 4.80 Å². The number of thiazole rings is 1. The van der Waals surface area contributed by atoms with E-state index in [0.29, 0.717) is 16.4 Å². The minimum Gasteiger partial charge on any atom is -0.305 e. The fourth-order valence-corrected chi connectivity index (χ4v) is 2.86. The summed E-state index contributed by atoms with van der Waals surface area (Å²) in [5, 5.41) is 0.654. The van der Waals surface area contributed by atoms with Crippen molar-refractivity contribution in [3.63, 3.8) is 0 Å². The molecule has 1 heterocycles. The molecular weight excluding hydrogens is 256 g/mol. The average molecular weight is 265 g/mol. The number of carbonyl (C=O) groups is 1. The first-order valence-electron chi connectivity index (χ1n) is 4.89. The van der Waals surface area contributed by atoms with Crippen molar-refractivity contribution in [1.82, 2.24) is 4.57 Å². The van der Waals surface area contributed by atoms with Gasteiger partial charge in [0.25, 0.3) is 0 Å². The summed E-state index contributed by atoms with van der Waals surface area (Å²) in [4.78, 5) is 15.6. The maximum absolute atomic E-state index is 11.1. The van der Waals surface area contributed by atoms with Crippen molar-refractivity contribution < 1.29 is 4.79 Å². The van der Waals surface area contributed by atoms with E-state index in [4.69, 9.17) is 18.0 Å². The number of fused-ring (bicyclic) bond motifs is 1. The summed E-state index contributed by atoms with van der Waals surface area (Å²) in [6.07, 6.45) is 5.32. The second kappa shape index (κ2) is 4.74. The molecule has 86 valence electrons. The van der Waals surface area contributed by atoms with Crippen LogP contribution in [-0.2, 0) is 11.3 Å². The van der Waals surface area contributed by atoms with Gasteiger partial charge in [-0.2, -0.15) is 4.99 Å². The highest BCUT2D eigenvalue weighted by molar-refractivity contribution is 7.16. The molecule has 2 rings (SSSR count). The van der Waals surface area contributed by atoms with Gasteiger partial charge in [-0.1, -0.05) is 28.9 Å². The molecule has 0 saturated carbocycles. The van der Waals surface area contributed by atoms with Crippen molar-refractivity contribution >= 4 is 39.1 Å². The molecule has 17 heavy (non-hydrogen) atoms. The molecule has 5 heteroatoms. The van der Waals surface area contributed by atoms with E-state index in [9.17, 15) is 4.79 Å². The third-order valence-electron chi connectivity index (χ3n) is 2.15. The summed E-state index contributed by atoms with van der Waals surface area (Å²) in [6, 6.07) is 5.51. The standard InChI is InChI=1S/C12H9ClN2OS/c1-3-6-15-10-5-4-9(13)7-11(10)17-12(15)14-8(2)16/h1,4-5,7H,6H2,2H3. The van der Waals surface area contributed by atoms with Gasteiger partial charge in [-0.25, -0.2) is 0 Å². The highest BCUT2D eigenvalue weighted by atomic mass is 35.5. The maximum atomic E-state index is 11.1. The number of terminal acetylenes is 1. The Labute approximate surface area is 107 Å². The molecule has 1 aromatic carbocycles. The Morgan fingerprint density at radius 2 is 2.41 bits per heavy atom. The van der Waals surface area contributed by atoms with Crippen molar-refractivity contribution in [3.05, 3.63) is 28.0 Å². The third-order valence-corrected chi connectivity index (χ3v) is 3.42. The number of rotatable bonds is 1. The van der Waals surface area contributed by atoms with Gasteiger partial charge >= 0.3 is 0 Å². The molecular formula is C12H9ClN2OS. The van der Waals surface area contributed by atoms with Crippen molar-refractivity contribution in [2.45, 2.75) is 13.5 Å². The van der Waals surface area contributed by atoms with Gasteiger partial charge in [-0.15, -0.1) is 6.42 Å². The van der Waals surface area contributed by atoms with Gasteiger partial charge in [-0.05, 0) is 18.2 Å². The van der Waals surface area contributed by atoms with Crippen molar-refractivity contribution in [1.29, 1.82) is 0 Å². The lowest BCUT2D eigenvalue weighted by Gasteiger charge is -1.98. The Bertz CT molecular complexity index is 691. The normalized spacial score (nSPS) is 11.7. The number of halogens is 1. The maximum Gasteiger partial charge on any atom is 0.245 e. The molecule has 0 aliphatic heterocycles. The second-order valence-corrected chi connectivity index (χ2v) is 4.86. The summed E-state index contributed by atoms with van der Waals surface area (Å²) < 4.78 is 2.80. The summed E-state index contributed by atoms with van der Waals surface area (Å²) in [6.45, 7) is 1.80. The molecule has 0 unspecified atom stereocenters. The van der Waals surface area contributed by atoms with Crippen molar-refractivity contribution in [3.8, 4) is 12.3 Å². The van der Waals surface area contributed by atoms with E-state index >= 15 is 0 Å². The van der Waals surface area contributed by atoms with E-state index < -0.39 is 0 Å². The molecule has 0 aliphatic rings. The number of carbonyl (C=O) groups excluding carboxylic acids is 1. The first-order chi connectivity index (χ1) is 8.11. The summed E-state index contributed by atoms with van der Waals surface area (Å²) in [7, 11) is 0. The number of aromatic nitrogens is 1. The predicted octanol–water partition coefficient (Wildman–Crippen LogP) is 2.44. The zero-order valence-electron chi connectivity index (χ0n) is 9.11. The molecule has 0 atom stereocenters. The number of hydrogen-bond donors (Lipinski definition) is 0. The van der Waals surface area contributed by atoms with Crippen LogP contribution in [0.3, 0.4) is 0 Å². The third kappa shape index (κ3) is 2.41. The fourth-order valence-electron chi connectivity index (χ4n) is 1.51. The van der Waals surface area contributed by atoms with Gasteiger partial charge in [0.15, 0.2) is 4.80 Å². The SMILES string of the molecule is C#CCn1c(=NC(C)=O)sc2cc(Cl)ccc21. The summed E-state index contributed by atoms with van der Waals surface area (Å²) >= 11 is 7.32. The predicted molar refractivity (Wildman–Crippen MR) is 69.9 cm³/mol. The minimum atomic E-state index is -0.242. The highest BCUT2D eigenvalue weighted by Crippen LogP contribution is 2.21. The largest absolute Gasteiger partial charge is 0.305 e.